The number of carbonyl (C=O) groups excluding carboxylic acids is 1. The lowest BCUT2D eigenvalue weighted by Gasteiger charge is -2.02. The fourth-order valence-electron chi connectivity index (χ4n) is 1.09. The van der Waals surface area contributed by atoms with Crippen LogP contribution < -0.4 is 5.32 Å². The lowest BCUT2D eigenvalue weighted by atomic mass is 10.4. The number of thiophene rings is 1. The summed E-state index contributed by atoms with van der Waals surface area (Å²) in [5, 5.41) is 13.3. The van der Waals surface area contributed by atoms with Gasteiger partial charge in [-0.05, 0) is 38.5 Å². The minimum atomic E-state index is -0.114. The lowest BCUT2D eigenvalue weighted by Crippen LogP contribution is -2.27. The molecule has 16 heavy (non-hydrogen) atoms. The van der Waals surface area contributed by atoms with E-state index >= 15 is 0 Å². The summed E-state index contributed by atoms with van der Waals surface area (Å²) in [6.07, 6.45) is 1.40. The van der Waals surface area contributed by atoms with E-state index < -0.39 is 0 Å². The van der Waals surface area contributed by atoms with E-state index in [1.807, 2.05) is 12.1 Å². The van der Waals surface area contributed by atoms with Gasteiger partial charge in [0.1, 0.15) is 12.9 Å². The van der Waals surface area contributed by atoms with Gasteiger partial charge in [0.25, 0.3) is 0 Å². The molecule has 2 aromatic heterocycles. The van der Waals surface area contributed by atoms with Gasteiger partial charge in [0.15, 0.2) is 0 Å². The van der Waals surface area contributed by atoms with E-state index in [1.165, 1.54) is 11.0 Å². The van der Waals surface area contributed by atoms with Gasteiger partial charge in [0, 0.05) is 4.88 Å². The van der Waals surface area contributed by atoms with Crippen molar-refractivity contribution >= 4 is 33.2 Å². The van der Waals surface area contributed by atoms with Crippen LogP contribution in [-0.4, -0.2) is 26.1 Å². The zero-order chi connectivity index (χ0) is 11.4. The Kier molecular flexibility index (Phi) is 3.62. The molecule has 0 fully saturated rings. The van der Waals surface area contributed by atoms with Gasteiger partial charge < -0.3 is 5.32 Å². The fraction of sp³-hybridized carbons (Fsp3) is 0.250. The summed E-state index contributed by atoms with van der Waals surface area (Å²) < 4.78 is 2.43. The monoisotopic (exact) mass is 301 g/mol. The van der Waals surface area contributed by atoms with Gasteiger partial charge in [0.2, 0.25) is 5.91 Å². The van der Waals surface area contributed by atoms with Crippen LogP contribution in [0.15, 0.2) is 22.2 Å². The molecular formula is C8H8BrN5OS. The molecule has 2 heterocycles. The van der Waals surface area contributed by atoms with E-state index in [2.05, 4.69) is 36.8 Å². The quantitative estimate of drug-likeness (QED) is 0.907. The maximum Gasteiger partial charge on any atom is 0.242 e. The third kappa shape index (κ3) is 3.11. The van der Waals surface area contributed by atoms with Crippen molar-refractivity contribution < 1.29 is 4.79 Å². The number of rotatable bonds is 4. The number of tetrazole rings is 1. The second kappa shape index (κ2) is 5.17. The van der Waals surface area contributed by atoms with Crippen molar-refractivity contribution in [1.82, 2.24) is 25.5 Å². The van der Waals surface area contributed by atoms with Crippen molar-refractivity contribution in [2.75, 3.05) is 0 Å². The highest BCUT2D eigenvalue weighted by molar-refractivity contribution is 9.11. The molecule has 0 bridgehead atoms. The minimum Gasteiger partial charge on any atom is -0.350 e. The second-order valence-corrected chi connectivity index (χ2v) is 5.54. The maximum absolute atomic E-state index is 11.5. The van der Waals surface area contributed by atoms with E-state index in [0.29, 0.717) is 6.54 Å². The molecule has 0 aliphatic heterocycles. The van der Waals surface area contributed by atoms with Gasteiger partial charge in [-0.2, -0.15) is 0 Å². The summed E-state index contributed by atoms with van der Waals surface area (Å²) in [4.78, 5) is 12.6. The topological polar surface area (TPSA) is 72.7 Å². The summed E-state index contributed by atoms with van der Waals surface area (Å²) in [5.74, 6) is -0.114. The number of hydrogen-bond donors (Lipinski definition) is 1. The molecule has 1 amide bonds. The van der Waals surface area contributed by atoms with Gasteiger partial charge in [-0.25, -0.2) is 4.68 Å². The first-order valence-corrected chi connectivity index (χ1v) is 6.06. The van der Waals surface area contributed by atoms with E-state index in [4.69, 9.17) is 0 Å². The number of aromatic nitrogens is 4. The predicted molar refractivity (Wildman–Crippen MR) is 61.7 cm³/mol. The molecule has 0 radical (unpaired) electrons. The number of carbonyl (C=O) groups is 1. The molecule has 1 N–H and O–H groups in total. The van der Waals surface area contributed by atoms with Gasteiger partial charge in [-0.15, -0.1) is 16.4 Å². The molecule has 0 unspecified atom stereocenters. The third-order valence-electron chi connectivity index (χ3n) is 1.79. The predicted octanol–water partition coefficient (Wildman–Crippen LogP) is 0.813. The Labute approximate surface area is 104 Å². The molecule has 84 valence electrons. The van der Waals surface area contributed by atoms with E-state index in [9.17, 15) is 4.79 Å². The Morgan fingerprint density at radius 1 is 1.56 bits per heavy atom. The summed E-state index contributed by atoms with van der Waals surface area (Å²) in [5.41, 5.74) is 0. The van der Waals surface area contributed by atoms with Crippen LogP contribution in [0.25, 0.3) is 0 Å². The summed E-state index contributed by atoms with van der Waals surface area (Å²) in [7, 11) is 0. The first kappa shape index (κ1) is 11.2. The average Bonchev–Trinajstić information content (AvgIpc) is 2.87. The van der Waals surface area contributed by atoms with Crippen LogP contribution in [0.2, 0.25) is 0 Å². The van der Waals surface area contributed by atoms with E-state index in [-0.39, 0.29) is 12.5 Å². The fourth-order valence-corrected chi connectivity index (χ4v) is 2.51. The molecule has 6 nitrogen and oxygen atoms in total. The highest BCUT2D eigenvalue weighted by Crippen LogP contribution is 2.21. The second-order valence-electron chi connectivity index (χ2n) is 2.99. The van der Waals surface area contributed by atoms with Crippen molar-refractivity contribution in [1.29, 1.82) is 0 Å². The molecular weight excluding hydrogens is 294 g/mol. The van der Waals surface area contributed by atoms with Gasteiger partial charge in [0.05, 0.1) is 10.3 Å². The van der Waals surface area contributed by atoms with E-state index in [1.54, 1.807) is 11.3 Å². The van der Waals surface area contributed by atoms with Crippen LogP contribution in [0.1, 0.15) is 4.88 Å². The van der Waals surface area contributed by atoms with Crippen LogP contribution in [-0.2, 0) is 17.9 Å². The molecule has 0 aliphatic rings. The first-order chi connectivity index (χ1) is 7.74. The SMILES string of the molecule is O=C(Cn1cnnn1)NCc1ccc(Br)s1. The molecule has 0 saturated carbocycles. The highest BCUT2D eigenvalue weighted by atomic mass is 79.9. The van der Waals surface area contributed by atoms with Crippen LogP contribution in [0.3, 0.4) is 0 Å². The molecule has 0 aliphatic carbocycles. The summed E-state index contributed by atoms with van der Waals surface area (Å²) in [6.45, 7) is 0.663. The zero-order valence-electron chi connectivity index (χ0n) is 8.13. The van der Waals surface area contributed by atoms with Crippen molar-refractivity contribution in [3.05, 3.63) is 27.1 Å². The molecule has 2 aromatic rings. The Balaban J connectivity index is 1.80. The van der Waals surface area contributed by atoms with Crippen LogP contribution in [0.4, 0.5) is 0 Å². The van der Waals surface area contributed by atoms with E-state index in [0.717, 1.165) is 8.66 Å². The minimum absolute atomic E-state index is 0.114. The van der Waals surface area contributed by atoms with Crippen LogP contribution >= 0.6 is 27.3 Å². The smallest absolute Gasteiger partial charge is 0.242 e. The molecule has 0 spiro atoms. The molecule has 0 saturated heterocycles. The van der Waals surface area contributed by atoms with Crippen LogP contribution in [0, 0.1) is 0 Å². The van der Waals surface area contributed by atoms with Crippen molar-refractivity contribution in [3.63, 3.8) is 0 Å². The molecule has 0 aromatic carbocycles. The summed E-state index contributed by atoms with van der Waals surface area (Å²) in [6, 6.07) is 3.92. The highest BCUT2D eigenvalue weighted by Gasteiger charge is 2.04. The Bertz CT molecular complexity index is 468. The standard InChI is InChI=1S/C8H8BrN5OS/c9-7-2-1-6(16-7)3-10-8(15)4-14-5-11-12-13-14/h1-2,5H,3-4H2,(H,10,15). The molecule has 0 atom stereocenters. The molecule has 8 heteroatoms. The Hall–Kier alpha value is -1.28. The lowest BCUT2D eigenvalue weighted by molar-refractivity contribution is -0.122. The van der Waals surface area contributed by atoms with Crippen LogP contribution in [0.5, 0.6) is 0 Å². The number of hydrogen-bond acceptors (Lipinski definition) is 5. The normalized spacial score (nSPS) is 10.3. The molecule has 2 rings (SSSR count). The average molecular weight is 302 g/mol. The largest absolute Gasteiger partial charge is 0.350 e. The zero-order valence-corrected chi connectivity index (χ0v) is 10.5. The Morgan fingerprint density at radius 2 is 2.44 bits per heavy atom. The number of halogens is 1. The van der Waals surface area contributed by atoms with Crippen molar-refractivity contribution in [2.24, 2.45) is 0 Å². The van der Waals surface area contributed by atoms with Crippen molar-refractivity contribution in [2.45, 2.75) is 13.1 Å². The summed E-state index contributed by atoms with van der Waals surface area (Å²) >= 11 is 4.96. The number of nitrogens with one attached hydrogen (secondary N) is 1. The number of nitrogens with zero attached hydrogens (tertiary/aromatic N) is 4. The number of amides is 1. The third-order valence-corrected chi connectivity index (χ3v) is 3.41. The van der Waals surface area contributed by atoms with Crippen molar-refractivity contribution in [3.8, 4) is 0 Å². The van der Waals surface area contributed by atoms with Gasteiger partial charge >= 0.3 is 0 Å². The maximum atomic E-state index is 11.5. The van der Waals surface area contributed by atoms with Gasteiger partial charge in [-0.1, -0.05) is 0 Å². The first-order valence-electron chi connectivity index (χ1n) is 4.46. The van der Waals surface area contributed by atoms with Gasteiger partial charge in [-0.3, -0.25) is 4.79 Å². The Morgan fingerprint density at radius 3 is 3.06 bits per heavy atom.